The summed E-state index contributed by atoms with van der Waals surface area (Å²) in [5, 5.41) is 9.79. The van der Waals surface area contributed by atoms with Gasteiger partial charge in [-0.15, -0.1) is 0 Å². The maximum Gasteiger partial charge on any atom is 0.276 e. The van der Waals surface area contributed by atoms with Crippen molar-refractivity contribution >= 4 is 5.91 Å². The van der Waals surface area contributed by atoms with Gasteiger partial charge in [0.2, 0.25) is 0 Å². The van der Waals surface area contributed by atoms with Gasteiger partial charge in [0.1, 0.15) is 0 Å². The first-order valence-corrected chi connectivity index (χ1v) is 4.61. The van der Waals surface area contributed by atoms with Gasteiger partial charge in [-0.05, 0) is 6.42 Å². The summed E-state index contributed by atoms with van der Waals surface area (Å²) in [7, 11) is 0. The van der Waals surface area contributed by atoms with Crippen molar-refractivity contribution in [3.63, 3.8) is 0 Å². The number of carbonyl (C=O) groups excluding carboxylic acids is 1. The Balaban J connectivity index is 2.03. The van der Waals surface area contributed by atoms with Crippen molar-refractivity contribution in [1.82, 2.24) is 20.3 Å². The number of hydrogen-bond donors (Lipinski definition) is 1. The lowest BCUT2D eigenvalue weighted by Crippen LogP contribution is -2.33. The predicted molar refractivity (Wildman–Crippen MR) is 47.7 cm³/mol. The van der Waals surface area contributed by atoms with Crippen LogP contribution in [0.3, 0.4) is 0 Å². The van der Waals surface area contributed by atoms with Crippen LogP contribution in [0, 0.1) is 0 Å². The Hall–Kier alpha value is -1.43. The maximum absolute atomic E-state index is 11.8. The number of H-pyrrole nitrogens is 1. The Bertz CT molecular complexity index is 290. The lowest BCUT2D eigenvalue weighted by molar-refractivity contribution is 0.0735. The summed E-state index contributed by atoms with van der Waals surface area (Å²) in [6, 6.07) is 0. The van der Waals surface area contributed by atoms with Crippen LogP contribution in [0.15, 0.2) is 6.20 Å². The van der Waals surface area contributed by atoms with Gasteiger partial charge in [-0.3, -0.25) is 4.79 Å². The van der Waals surface area contributed by atoms with Gasteiger partial charge in [0.15, 0.2) is 5.69 Å². The molecule has 76 valence electrons. The van der Waals surface area contributed by atoms with E-state index in [1.807, 2.05) is 0 Å². The third-order valence-electron chi connectivity index (χ3n) is 2.14. The number of nitrogens with one attached hydrogen (secondary N) is 1. The van der Waals surface area contributed by atoms with Gasteiger partial charge in [-0.1, -0.05) is 0 Å². The van der Waals surface area contributed by atoms with Crippen molar-refractivity contribution < 1.29 is 9.53 Å². The van der Waals surface area contributed by atoms with E-state index in [1.165, 1.54) is 6.20 Å². The lowest BCUT2D eigenvalue weighted by atomic mass is 10.3. The molecule has 0 unspecified atom stereocenters. The van der Waals surface area contributed by atoms with Crippen LogP contribution in [0.2, 0.25) is 0 Å². The van der Waals surface area contributed by atoms with E-state index in [0.29, 0.717) is 18.8 Å². The molecule has 6 heteroatoms. The topological polar surface area (TPSA) is 71.1 Å². The summed E-state index contributed by atoms with van der Waals surface area (Å²) in [5.41, 5.74) is 0.368. The second kappa shape index (κ2) is 4.19. The smallest absolute Gasteiger partial charge is 0.276 e. The molecule has 1 fully saturated rings. The summed E-state index contributed by atoms with van der Waals surface area (Å²) < 4.78 is 5.25. The van der Waals surface area contributed by atoms with Crippen LogP contribution in [0.1, 0.15) is 16.9 Å². The molecule has 14 heavy (non-hydrogen) atoms. The Labute approximate surface area is 81.2 Å². The number of amides is 1. The summed E-state index contributed by atoms with van der Waals surface area (Å²) in [4.78, 5) is 13.5. The first-order valence-electron chi connectivity index (χ1n) is 4.61. The Morgan fingerprint density at radius 3 is 3.21 bits per heavy atom. The third-order valence-corrected chi connectivity index (χ3v) is 2.14. The normalized spacial score (nSPS) is 17.9. The molecule has 0 atom stereocenters. The molecule has 0 radical (unpaired) electrons. The zero-order valence-electron chi connectivity index (χ0n) is 7.77. The minimum Gasteiger partial charge on any atom is -0.380 e. The lowest BCUT2D eigenvalue weighted by Gasteiger charge is -2.17. The number of hydrogen-bond acceptors (Lipinski definition) is 4. The van der Waals surface area contributed by atoms with E-state index in [9.17, 15) is 4.79 Å². The molecule has 2 heterocycles. The highest BCUT2D eigenvalue weighted by Gasteiger charge is 2.19. The summed E-state index contributed by atoms with van der Waals surface area (Å²) in [6.07, 6.45) is 2.32. The zero-order chi connectivity index (χ0) is 9.80. The van der Waals surface area contributed by atoms with E-state index in [-0.39, 0.29) is 5.91 Å². The largest absolute Gasteiger partial charge is 0.380 e. The molecule has 1 saturated heterocycles. The Morgan fingerprint density at radius 1 is 1.50 bits per heavy atom. The highest BCUT2D eigenvalue weighted by molar-refractivity contribution is 5.91. The molecule has 0 saturated carbocycles. The van der Waals surface area contributed by atoms with Gasteiger partial charge >= 0.3 is 0 Å². The maximum atomic E-state index is 11.8. The van der Waals surface area contributed by atoms with Gasteiger partial charge in [-0.25, -0.2) is 0 Å². The van der Waals surface area contributed by atoms with Crippen LogP contribution in [0.25, 0.3) is 0 Å². The van der Waals surface area contributed by atoms with Crippen LogP contribution >= 0.6 is 0 Å². The van der Waals surface area contributed by atoms with Crippen molar-refractivity contribution in [2.45, 2.75) is 6.42 Å². The molecule has 1 aliphatic heterocycles. The van der Waals surface area contributed by atoms with Crippen molar-refractivity contribution in [2.24, 2.45) is 0 Å². The first kappa shape index (κ1) is 9.14. The van der Waals surface area contributed by atoms with Gasteiger partial charge < -0.3 is 9.64 Å². The summed E-state index contributed by atoms with van der Waals surface area (Å²) >= 11 is 0. The molecule has 1 amide bonds. The molecule has 6 nitrogen and oxygen atoms in total. The predicted octanol–water partition coefficient (Wildman–Crippen LogP) is -0.333. The molecule has 0 bridgehead atoms. The quantitative estimate of drug-likeness (QED) is 0.667. The number of ether oxygens (including phenoxy) is 1. The molecule has 1 aromatic heterocycles. The fourth-order valence-corrected chi connectivity index (χ4v) is 1.42. The van der Waals surface area contributed by atoms with Gasteiger partial charge in [0.25, 0.3) is 5.91 Å². The average molecular weight is 196 g/mol. The van der Waals surface area contributed by atoms with Crippen LogP contribution in [0.5, 0.6) is 0 Å². The second-order valence-electron chi connectivity index (χ2n) is 3.11. The monoisotopic (exact) mass is 196 g/mol. The minimum absolute atomic E-state index is 0.0794. The van der Waals surface area contributed by atoms with E-state index in [4.69, 9.17) is 4.74 Å². The molecular formula is C8H12N4O2. The fourth-order valence-electron chi connectivity index (χ4n) is 1.42. The minimum atomic E-state index is -0.0794. The Morgan fingerprint density at radius 2 is 2.43 bits per heavy atom. The van der Waals surface area contributed by atoms with Crippen LogP contribution in [0.4, 0.5) is 0 Å². The molecule has 0 spiro atoms. The standard InChI is InChI=1S/C8H12N4O2/c13-8(7-6-9-11-10-7)12-2-1-4-14-5-3-12/h6H,1-5H2,(H,9,10,11). The molecule has 1 N–H and O–H groups in total. The number of nitrogens with zero attached hydrogens (tertiary/aromatic N) is 3. The number of aromatic nitrogens is 3. The van der Waals surface area contributed by atoms with E-state index < -0.39 is 0 Å². The molecule has 0 aromatic carbocycles. The fraction of sp³-hybridized carbons (Fsp3) is 0.625. The third kappa shape index (κ3) is 1.90. The van der Waals surface area contributed by atoms with E-state index in [0.717, 1.165) is 19.6 Å². The van der Waals surface area contributed by atoms with Crippen LogP contribution in [-0.2, 0) is 4.74 Å². The molecular weight excluding hydrogens is 184 g/mol. The molecule has 2 rings (SSSR count). The first-order chi connectivity index (χ1) is 6.88. The SMILES string of the molecule is O=C(c1cn[nH]n1)N1CCCOCC1. The van der Waals surface area contributed by atoms with E-state index in [1.54, 1.807) is 4.90 Å². The Kier molecular flexibility index (Phi) is 2.73. The highest BCUT2D eigenvalue weighted by atomic mass is 16.5. The van der Waals surface area contributed by atoms with Gasteiger partial charge in [0.05, 0.1) is 12.8 Å². The zero-order valence-corrected chi connectivity index (χ0v) is 7.77. The number of aromatic amines is 1. The number of carbonyl (C=O) groups is 1. The van der Waals surface area contributed by atoms with Crippen molar-refractivity contribution in [1.29, 1.82) is 0 Å². The van der Waals surface area contributed by atoms with Gasteiger partial charge in [0, 0.05) is 19.7 Å². The van der Waals surface area contributed by atoms with Crippen LogP contribution < -0.4 is 0 Å². The van der Waals surface area contributed by atoms with Crippen molar-refractivity contribution in [3.05, 3.63) is 11.9 Å². The van der Waals surface area contributed by atoms with Crippen molar-refractivity contribution in [2.75, 3.05) is 26.3 Å². The van der Waals surface area contributed by atoms with Crippen molar-refractivity contribution in [3.8, 4) is 0 Å². The highest BCUT2D eigenvalue weighted by Crippen LogP contribution is 2.04. The summed E-state index contributed by atoms with van der Waals surface area (Å²) in [6.45, 7) is 2.68. The molecule has 0 aliphatic carbocycles. The molecule has 1 aromatic rings. The van der Waals surface area contributed by atoms with E-state index >= 15 is 0 Å². The van der Waals surface area contributed by atoms with Crippen LogP contribution in [-0.4, -0.2) is 52.5 Å². The molecule has 1 aliphatic rings. The average Bonchev–Trinajstić information content (AvgIpc) is 2.59. The van der Waals surface area contributed by atoms with E-state index in [2.05, 4.69) is 15.4 Å². The van der Waals surface area contributed by atoms with Gasteiger partial charge in [-0.2, -0.15) is 15.4 Å². The number of rotatable bonds is 1. The second-order valence-corrected chi connectivity index (χ2v) is 3.11. The summed E-state index contributed by atoms with van der Waals surface area (Å²) in [5.74, 6) is -0.0794.